The Bertz CT molecular complexity index is 1040. The molecule has 3 aromatic rings. The Morgan fingerprint density at radius 3 is 2.65 bits per heavy atom. The first-order valence-corrected chi connectivity index (χ1v) is 11.0. The first-order chi connectivity index (χ1) is 15.0. The van der Waals surface area contributed by atoms with E-state index in [-0.39, 0.29) is 17.7 Å². The number of rotatable bonds is 6. The summed E-state index contributed by atoms with van der Waals surface area (Å²) in [5.74, 6) is 0.483. The van der Waals surface area contributed by atoms with Gasteiger partial charge < -0.3 is 9.80 Å². The van der Waals surface area contributed by atoms with Crippen LogP contribution in [-0.4, -0.2) is 73.0 Å². The largest absolute Gasteiger partial charge is 0.342 e. The van der Waals surface area contributed by atoms with Crippen molar-refractivity contribution in [1.29, 1.82) is 0 Å². The van der Waals surface area contributed by atoms with Gasteiger partial charge in [-0.15, -0.1) is 5.10 Å². The van der Waals surface area contributed by atoms with Crippen LogP contribution in [0.2, 0.25) is 0 Å². The summed E-state index contributed by atoms with van der Waals surface area (Å²) in [7, 11) is 3.49. The maximum atomic E-state index is 12.7. The van der Waals surface area contributed by atoms with Crippen LogP contribution in [0.1, 0.15) is 34.9 Å². The Morgan fingerprint density at radius 1 is 1.23 bits per heavy atom. The number of aryl methyl sites for hydroxylation is 1. The van der Waals surface area contributed by atoms with Gasteiger partial charge in [0.2, 0.25) is 11.1 Å². The monoisotopic (exact) mass is 440 g/mol. The lowest BCUT2D eigenvalue weighted by molar-refractivity contribution is -0.129. The van der Waals surface area contributed by atoms with E-state index >= 15 is 0 Å². The molecule has 4 rings (SSSR count). The van der Waals surface area contributed by atoms with E-state index in [1.807, 2.05) is 41.3 Å². The van der Waals surface area contributed by atoms with Crippen LogP contribution in [0.4, 0.5) is 5.69 Å². The number of benzene rings is 1. The second-order valence-electron chi connectivity index (χ2n) is 7.44. The summed E-state index contributed by atoms with van der Waals surface area (Å²) in [6.45, 7) is 1.35. The molecule has 0 spiro atoms. The van der Waals surface area contributed by atoms with Gasteiger partial charge in [0.05, 0.1) is 5.75 Å². The van der Waals surface area contributed by atoms with E-state index < -0.39 is 0 Å². The Balaban J connectivity index is 1.30. The van der Waals surface area contributed by atoms with E-state index in [1.54, 1.807) is 23.7 Å². The average Bonchev–Trinajstić information content (AvgIpc) is 3.46. The quantitative estimate of drug-likeness (QED) is 0.581. The molecule has 0 aliphatic carbocycles. The van der Waals surface area contributed by atoms with Crippen LogP contribution in [0.15, 0.2) is 41.6 Å². The molecular weight excluding hydrogens is 416 g/mol. The Kier molecular flexibility index (Phi) is 6.31. The van der Waals surface area contributed by atoms with Gasteiger partial charge >= 0.3 is 0 Å². The molecule has 1 aliphatic rings. The first-order valence-electron chi connectivity index (χ1n) is 10.0. The van der Waals surface area contributed by atoms with Crippen molar-refractivity contribution in [2.75, 3.05) is 30.8 Å². The number of H-pyrrole nitrogens is 1. The number of aromatic amines is 1. The van der Waals surface area contributed by atoms with E-state index in [1.165, 1.54) is 11.8 Å². The number of hydrogen-bond donors (Lipinski definition) is 1. The van der Waals surface area contributed by atoms with Crippen molar-refractivity contribution in [1.82, 2.24) is 35.3 Å². The molecule has 1 saturated heterocycles. The fourth-order valence-electron chi connectivity index (χ4n) is 3.60. The van der Waals surface area contributed by atoms with Crippen molar-refractivity contribution < 1.29 is 9.59 Å². The molecule has 31 heavy (non-hydrogen) atoms. The van der Waals surface area contributed by atoms with Crippen LogP contribution in [0.3, 0.4) is 0 Å². The fourth-order valence-corrected chi connectivity index (χ4v) is 4.35. The third kappa shape index (κ3) is 4.76. The highest BCUT2D eigenvalue weighted by Gasteiger charge is 2.26. The lowest BCUT2D eigenvalue weighted by Crippen LogP contribution is -2.39. The van der Waals surface area contributed by atoms with E-state index in [0.29, 0.717) is 29.7 Å². The summed E-state index contributed by atoms with van der Waals surface area (Å²) in [5.41, 5.74) is 2.16. The minimum atomic E-state index is -0.156. The van der Waals surface area contributed by atoms with Crippen molar-refractivity contribution in [3.8, 4) is 0 Å². The molecule has 11 heteroatoms. The number of carbonyl (C=O) groups is 2. The van der Waals surface area contributed by atoms with Crippen molar-refractivity contribution in [2.24, 2.45) is 7.05 Å². The SMILES string of the molecule is CN(C(=O)c1cc(C2CCN(C(=O)CSc3nnnn3C)CC2)[nH]n1)c1ccccc1. The summed E-state index contributed by atoms with van der Waals surface area (Å²) in [6, 6.07) is 11.3. The lowest BCUT2D eigenvalue weighted by atomic mass is 9.93. The second-order valence-corrected chi connectivity index (χ2v) is 8.38. The molecule has 1 aliphatic heterocycles. The number of amides is 2. The number of para-hydroxylation sites is 1. The minimum absolute atomic E-state index is 0.0800. The normalized spacial score (nSPS) is 14.6. The predicted molar refractivity (Wildman–Crippen MR) is 116 cm³/mol. The maximum absolute atomic E-state index is 12.7. The summed E-state index contributed by atoms with van der Waals surface area (Å²) >= 11 is 1.34. The Labute approximate surface area is 184 Å². The highest BCUT2D eigenvalue weighted by molar-refractivity contribution is 7.99. The summed E-state index contributed by atoms with van der Waals surface area (Å²) in [6.07, 6.45) is 1.65. The molecule has 2 aromatic heterocycles. The van der Waals surface area contributed by atoms with E-state index in [0.717, 1.165) is 24.2 Å². The minimum Gasteiger partial charge on any atom is -0.342 e. The standard InChI is InChI=1S/C20H24N8O2S/c1-26(15-6-4-3-5-7-15)19(30)17-12-16(21-22-17)14-8-10-28(11-9-14)18(29)13-31-20-23-24-25-27(20)2/h3-7,12,14H,8-11,13H2,1-2H3,(H,21,22). The molecular formula is C20H24N8O2S. The number of hydrogen-bond acceptors (Lipinski definition) is 7. The fraction of sp³-hybridized carbons (Fsp3) is 0.400. The zero-order chi connectivity index (χ0) is 21.8. The van der Waals surface area contributed by atoms with Gasteiger partial charge in [0, 0.05) is 44.5 Å². The zero-order valence-corrected chi connectivity index (χ0v) is 18.2. The van der Waals surface area contributed by atoms with Gasteiger partial charge in [0.25, 0.3) is 5.91 Å². The van der Waals surface area contributed by atoms with Crippen molar-refractivity contribution in [2.45, 2.75) is 23.9 Å². The summed E-state index contributed by atoms with van der Waals surface area (Å²) < 4.78 is 1.55. The zero-order valence-electron chi connectivity index (χ0n) is 17.4. The third-order valence-electron chi connectivity index (χ3n) is 5.46. The average molecular weight is 441 g/mol. The number of likely N-dealkylation sites (tertiary alicyclic amines) is 1. The second kappa shape index (κ2) is 9.29. The van der Waals surface area contributed by atoms with Crippen molar-refractivity contribution in [3.05, 3.63) is 47.8 Å². The molecule has 1 aromatic carbocycles. The Hall–Kier alpha value is -3.21. The van der Waals surface area contributed by atoms with Gasteiger partial charge in [-0.2, -0.15) is 5.10 Å². The van der Waals surface area contributed by atoms with Crippen molar-refractivity contribution in [3.63, 3.8) is 0 Å². The highest BCUT2D eigenvalue weighted by Crippen LogP contribution is 2.28. The number of aromatic nitrogens is 6. The van der Waals surface area contributed by atoms with Crippen LogP contribution in [0.5, 0.6) is 0 Å². The number of nitrogens with zero attached hydrogens (tertiary/aromatic N) is 7. The number of nitrogens with one attached hydrogen (secondary N) is 1. The third-order valence-corrected chi connectivity index (χ3v) is 6.45. The van der Waals surface area contributed by atoms with Crippen LogP contribution in [-0.2, 0) is 11.8 Å². The molecule has 0 atom stereocenters. The molecule has 10 nitrogen and oxygen atoms in total. The molecule has 3 heterocycles. The molecule has 2 amide bonds. The molecule has 0 unspecified atom stereocenters. The lowest BCUT2D eigenvalue weighted by Gasteiger charge is -2.31. The predicted octanol–water partition coefficient (Wildman–Crippen LogP) is 1.71. The Morgan fingerprint density at radius 2 is 1.97 bits per heavy atom. The first kappa shape index (κ1) is 21.0. The van der Waals surface area contributed by atoms with E-state index in [4.69, 9.17) is 0 Å². The molecule has 162 valence electrons. The number of carbonyl (C=O) groups excluding carboxylic acids is 2. The van der Waals surface area contributed by atoms with Gasteiger partial charge in [-0.1, -0.05) is 30.0 Å². The van der Waals surface area contributed by atoms with Crippen LogP contribution >= 0.6 is 11.8 Å². The molecule has 1 N–H and O–H groups in total. The molecule has 1 fully saturated rings. The van der Waals surface area contributed by atoms with Gasteiger partial charge in [-0.25, -0.2) is 4.68 Å². The van der Waals surface area contributed by atoms with Gasteiger partial charge in [-0.3, -0.25) is 14.7 Å². The molecule has 0 radical (unpaired) electrons. The topological polar surface area (TPSA) is 113 Å². The van der Waals surface area contributed by atoms with Crippen LogP contribution < -0.4 is 4.90 Å². The van der Waals surface area contributed by atoms with Gasteiger partial charge in [0.15, 0.2) is 5.69 Å². The number of anilines is 1. The number of tetrazole rings is 1. The van der Waals surface area contributed by atoms with Gasteiger partial charge in [0.1, 0.15) is 0 Å². The molecule has 0 bridgehead atoms. The number of thioether (sulfide) groups is 1. The van der Waals surface area contributed by atoms with Crippen molar-refractivity contribution >= 4 is 29.3 Å². The molecule has 0 saturated carbocycles. The number of piperidine rings is 1. The summed E-state index contributed by atoms with van der Waals surface area (Å²) in [5, 5.41) is 19.1. The van der Waals surface area contributed by atoms with Crippen LogP contribution in [0, 0.1) is 0 Å². The maximum Gasteiger partial charge on any atom is 0.278 e. The van der Waals surface area contributed by atoms with E-state index in [9.17, 15) is 9.59 Å². The van der Waals surface area contributed by atoms with E-state index in [2.05, 4.69) is 25.7 Å². The van der Waals surface area contributed by atoms with Gasteiger partial charge in [-0.05, 0) is 41.5 Å². The summed E-state index contributed by atoms with van der Waals surface area (Å²) in [4.78, 5) is 28.7. The van der Waals surface area contributed by atoms with Crippen LogP contribution in [0.25, 0.3) is 0 Å². The highest BCUT2D eigenvalue weighted by atomic mass is 32.2. The smallest absolute Gasteiger partial charge is 0.278 e.